The topological polar surface area (TPSA) is 58.6 Å². The smallest absolute Gasteiger partial charge is 0.336 e. The lowest BCUT2D eigenvalue weighted by atomic mass is 9.71. The number of halogens is 1. The van der Waals surface area contributed by atoms with Gasteiger partial charge in [-0.25, -0.2) is 4.79 Å². The zero-order chi connectivity index (χ0) is 25.8. The Hall–Kier alpha value is -2.70. The van der Waals surface area contributed by atoms with Crippen LogP contribution in [0.4, 0.5) is 5.69 Å². The van der Waals surface area contributed by atoms with Crippen LogP contribution in [0.15, 0.2) is 71.1 Å². The van der Waals surface area contributed by atoms with Gasteiger partial charge in [0.2, 0.25) is 0 Å². The summed E-state index contributed by atoms with van der Waals surface area (Å²) in [5.74, 6) is 1.02. The van der Waals surface area contributed by atoms with Crippen LogP contribution in [0.1, 0.15) is 49.7 Å². The summed E-state index contributed by atoms with van der Waals surface area (Å²) in [5.41, 5.74) is 5.90. The van der Waals surface area contributed by atoms with Gasteiger partial charge in [-0.15, -0.1) is 0 Å². The van der Waals surface area contributed by atoms with Crippen LogP contribution < -0.4 is 10.2 Å². The highest BCUT2D eigenvalue weighted by molar-refractivity contribution is 7.99. The van der Waals surface area contributed by atoms with Crippen LogP contribution in [0, 0.1) is 0 Å². The fraction of sp³-hybridized carbons (Fsp3) is 0.379. The van der Waals surface area contributed by atoms with E-state index in [4.69, 9.17) is 16.3 Å². The molecule has 2 aromatic carbocycles. The Morgan fingerprint density at radius 1 is 1.08 bits per heavy atom. The number of Topliss-reactive ketones (excluding diaryl/α,β-unsaturated/α-hetero) is 1. The molecule has 0 saturated carbocycles. The number of nitrogens with zero attached hydrogens (tertiary/aromatic N) is 1. The predicted octanol–water partition coefficient (Wildman–Crippen LogP) is 6.06. The van der Waals surface area contributed by atoms with E-state index in [-0.39, 0.29) is 17.7 Å². The molecule has 2 unspecified atom stereocenters. The average Bonchev–Trinajstić information content (AvgIpc) is 2.86. The van der Waals surface area contributed by atoms with Gasteiger partial charge in [0.25, 0.3) is 0 Å². The summed E-state index contributed by atoms with van der Waals surface area (Å²) < 4.78 is 5.67. The number of ether oxygens (including phenoxy) is 1. The number of benzene rings is 2. The molecule has 0 aromatic heterocycles. The summed E-state index contributed by atoms with van der Waals surface area (Å²) in [4.78, 5) is 29.1. The van der Waals surface area contributed by atoms with Gasteiger partial charge in [-0.3, -0.25) is 4.79 Å². The Bertz CT molecular complexity index is 1190. The first-order valence-electron chi connectivity index (χ1n) is 12.3. The summed E-state index contributed by atoms with van der Waals surface area (Å²) in [6.45, 7) is 4.33. The monoisotopic (exact) mass is 524 g/mol. The van der Waals surface area contributed by atoms with Crippen LogP contribution in [-0.4, -0.2) is 44.0 Å². The third kappa shape index (κ3) is 5.65. The number of hydrogen-bond donors (Lipinski definition) is 1. The lowest BCUT2D eigenvalue weighted by Crippen LogP contribution is -2.36. The Labute approximate surface area is 222 Å². The van der Waals surface area contributed by atoms with E-state index in [1.165, 1.54) is 0 Å². The zero-order valence-electron chi connectivity index (χ0n) is 21.3. The van der Waals surface area contributed by atoms with Gasteiger partial charge in [0.1, 0.15) is 6.61 Å². The molecule has 2 aromatic rings. The van der Waals surface area contributed by atoms with E-state index in [0.717, 1.165) is 39.7 Å². The number of carbonyl (C=O) groups excluding carboxylic acids is 2. The highest BCUT2D eigenvalue weighted by Gasteiger charge is 2.41. The summed E-state index contributed by atoms with van der Waals surface area (Å²) >= 11 is 7.81. The SMILES string of the molecule is CCSCCOC(=O)C1=C(C)NC2=C(C(=O)CC(c3ccc(Cl)cc3)C2)C1c1ccc(N(C)C)cc1. The highest BCUT2D eigenvalue weighted by Crippen LogP contribution is 2.46. The van der Waals surface area contributed by atoms with Crippen molar-refractivity contribution in [3.8, 4) is 0 Å². The van der Waals surface area contributed by atoms with E-state index >= 15 is 0 Å². The zero-order valence-corrected chi connectivity index (χ0v) is 22.8. The van der Waals surface area contributed by atoms with Crippen molar-refractivity contribution in [2.45, 2.75) is 38.5 Å². The van der Waals surface area contributed by atoms with Gasteiger partial charge < -0.3 is 15.0 Å². The molecule has 4 rings (SSSR count). The molecular weight excluding hydrogens is 492 g/mol. The van der Waals surface area contributed by atoms with E-state index < -0.39 is 5.92 Å². The maximum absolute atomic E-state index is 13.7. The van der Waals surface area contributed by atoms with Gasteiger partial charge in [0.15, 0.2) is 5.78 Å². The Morgan fingerprint density at radius 2 is 1.75 bits per heavy atom. The maximum atomic E-state index is 13.7. The summed E-state index contributed by atoms with van der Waals surface area (Å²) in [7, 11) is 3.98. The lowest BCUT2D eigenvalue weighted by Gasteiger charge is -2.36. The van der Waals surface area contributed by atoms with Crippen LogP contribution in [0.5, 0.6) is 0 Å². The number of ketones is 1. The molecule has 0 spiro atoms. The molecule has 36 heavy (non-hydrogen) atoms. The highest BCUT2D eigenvalue weighted by atomic mass is 35.5. The molecule has 2 atom stereocenters. The molecule has 1 aliphatic heterocycles. The van der Waals surface area contributed by atoms with Crippen LogP contribution in [0.2, 0.25) is 5.02 Å². The van der Waals surface area contributed by atoms with Crippen molar-refractivity contribution in [1.82, 2.24) is 5.32 Å². The average molecular weight is 525 g/mol. The molecule has 1 aliphatic carbocycles. The van der Waals surface area contributed by atoms with Gasteiger partial charge in [-0.2, -0.15) is 11.8 Å². The number of hydrogen-bond acceptors (Lipinski definition) is 6. The normalized spacial score (nSPS) is 19.6. The van der Waals surface area contributed by atoms with Crippen molar-refractivity contribution in [3.63, 3.8) is 0 Å². The Morgan fingerprint density at radius 3 is 2.39 bits per heavy atom. The van der Waals surface area contributed by atoms with Crippen molar-refractivity contribution in [3.05, 3.63) is 87.2 Å². The second kappa shape index (κ2) is 11.6. The number of nitrogens with one attached hydrogen (secondary N) is 1. The number of rotatable bonds is 8. The van der Waals surface area contributed by atoms with Crippen molar-refractivity contribution >= 4 is 40.8 Å². The maximum Gasteiger partial charge on any atom is 0.336 e. The molecule has 7 heteroatoms. The second-order valence-electron chi connectivity index (χ2n) is 9.39. The molecule has 5 nitrogen and oxygen atoms in total. The van der Waals surface area contributed by atoms with Gasteiger partial charge in [-0.05, 0) is 60.4 Å². The van der Waals surface area contributed by atoms with E-state index in [1.54, 1.807) is 11.8 Å². The molecule has 1 N–H and O–H groups in total. The molecule has 0 fully saturated rings. The van der Waals surface area contributed by atoms with Gasteiger partial charge in [0.05, 0.1) is 5.57 Å². The molecular formula is C29H33ClN2O3S. The van der Waals surface area contributed by atoms with Gasteiger partial charge in [0, 0.05) is 59.9 Å². The number of anilines is 1. The summed E-state index contributed by atoms with van der Waals surface area (Å²) in [6.07, 6.45) is 1.09. The van der Waals surface area contributed by atoms with Gasteiger partial charge in [-0.1, -0.05) is 42.8 Å². The molecule has 1 heterocycles. The number of dihydropyridines is 1. The fourth-order valence-corrected chi connectivity index (χ4v) is 5.61. The minimum absolute atomic E-state index is 0.0599. The molecule has 0 bridgehead atoms. The predicted molar refractivity (Wildman–Crippen MR) is 149 cm³/mol. The van der Waals surface area contributed by atoms with E-state index in [9.17, 15) is 9.59 Å². The minimum atomic E-state index is -0.456. The van der Waals surface area contributed by atoms with Crippen molar-refractivity contribution in [2.75, 3.05) is 37.1 Å². The third-order valence-corrected chi connectivity index (χ3v) is 7.91. The molecule has 0 amide bonds. The van der Waals surface area contributed by atoms with Crippen LogP contribution in [0.25, 0.3) is 0 Å². The molecule has 190 valence electrons. The molecule has 0 saturated heterocycles. The van der Waals surface area contributed by atoms with Crippen LogP contribution in [0.3, 0.4) is 0 Å². The number of allylic oxidation sites excluding steroid dienone is 3. The molecule has 0 radical (unpaired) electrons. The fourth-order valence-electron chi connectivity index (χ4n) is 4.99. The number of thioether (sulfide) groups is 1. The van der Waals surface area contributed by atoms with Crippen molar-refractivity contribution in [1.29, 1.82) is 0 Å². The van der Waals surface area contributed by atoms with Crippen LogP contribution in [-0.2, 0) is 14.3 Å². The first-order valence-corrected chi connectivity index (χ1v) is 13.8. The third-order valence-electron chi connectivity index (χ3n) is 6.80. The summed E-state index contributed by atoms with van der Waals surface area (Å²) in [6, 6.07) is 15.8. The second-order valence-corrected chi connectivity index (χ2v) is 11.2. The van der Waals surface area contributed by atoms with E-state index in [2.05, 4.69) is 12.2 Å². The van der Waals surface area contributed by atoms with E-state index in [1.807, 2.05) is 74.4 Å². The standard InChI is InChI=1S/C29H33ClN2O3S/c1-5-36-15-14-35-29(34)26-18(2)31-24-16-21(19-6-10-22(30)11-7-19)17-25(33)28(24)27(26)20-8-12-23(13-9-20)32(3)4/h6-13,21,27,31H,5,14-17H2,1-4H3. The van der Waals surface area contributed by atoms with Gasteiger partial charge >= 0.3 is 5.97 Å². The van der Waals surface area contributed by atoms with E-state index in [0.29, 0.717) is 35.6 Å². The first kappa shape index (κ1) is 26.4. The van der Waals surface area contributed by atoms with Crippen molar-refractivity contribution < 1.29 is 14.3 Å². The molecule has 2 aliphatic rings. The largest absolute Gasteiger partial charge is 0.461 e. The lowest BCUT2D eigenvalue weighted by molar-refractivity contribution is -0.138. The Balaban J connectivity index is 1.71. The summed E-state index contributed by atoms with van der Waals surface area (Å²) in [5, 5.41) is 4.10. The number of esters is 1. The number of carbonyl (C=O) groups is 2. The van der Waals surface area contributed by atoms with Crippen LogP contribution >= 0.6 is 23.4 Å². The first-order chi connectivity index (χ1) is 17.3. The Kier molecular flexibility index (Phi) is 8.47. The quantitative estimate of drug-likeness (QED) is 0.334. The minimum Gasteiger partial charge on any atom is -0.461 e. The van der Waals surface area contributed by atoms with Crippen molar-refractivity contribution in [2.24, 2.45) is 0 Å².